The van der Waals surface area contributed by atoms with Gasteiger partial charge in [-0.25, -0.2) is 0 Å². The number of aryl methyl sites for hydroxylation is 2. The van der Waals surface area contributed by atoms with E-state index in [0.29, 0.717) is 0 Å². The van der Waals surface area contributed by atoms with Crippen molar-refractivity contribution in [2.75, 3.05) is 20.7 Å². The van der Waals surface area contributed by atoms with Crippen molar-refractivity contribution in [3.05, 3.63) is 40.3 Å². The van der Waals surface area contributed by atoms with Crippen molar-refractivity contribution in [1.29, 1.82) is 0 Å². The summed E-state index contributed by atoms with van der Waals surface area (Å²) in [5.74, 6) is 1.01. The van der Waals surface area contributed by atoms with Crippen molar-refractivity contribution < 1.29 is 9.53 Å². The molecule has 3 nitrogen and oxygen atoms in total. The molecule has 0 radical (unpaired) electrons. The van der Waals surface area contributed by atoms with Crippen LogP contribution in [0.4, 0.5) is 0 Å². The minimum Gasteiger partial charge on any atom is -0.497 e. The lowest BCUT2D eigenvalue weighted by molar-refractivity contribution is 0.0798. The third-order valence-electron chi connectivity index (χ3n) is 4.44. The molecule has 0 N–H and O–H groups in total. The van der Waals surface area contributed by atoms with Crippen molar-refractivity contribution in [2.45, 2.75) is 32.6 Å². The molecule has 1 aliphatic rings. The predicted molar refractivity (Wildman–Crippen MR) is 95.6 cm³/mol. The molecule has 0 saturated heterocycles. The van der Waals surface area contributed by atoms with Gasteiger partial charge in [-0.05, 0) is 54.2 Å². The van der Waals surface area contributed by atoms with Crippen molar-refractivity contribution in [3.8, 4) is 16.2 Å². The number of fused-ring (bicyclic) bond motifs is 3. The van der Waals surface area contributed by atoms with E-state index in [1.54, 1.807) is 18.4 Å². The van der Waals surface area contributed by atoms with Crippen LogP contribution in [0.1, 0.15) is 40.6 Å². The number of carbonyl (C=O) groups is 1. The Kier molecular flexibility index (Phi) is 4.71. The molecule has 0 bridgehead atoms. The van der Waals surface area contributed by atoms with Gasteiger partial charge in [0.15, 0.2) is 0 Å². The molecule has 2 aromatic rings. The van der Waals surface area contributed by atoms with Gasteiger partial charge in [0.2, 0.25) is 0 Å². The molecule has 0 aliphatic heterocycles. The van der Waals surface area contributed by atoms with Crippen LogP contribution >= 0.6 is 11.3 Å². The van der Waals surface area contributed by atoms with E-state index in [4.69, 9.17) is 4.74 Å². The SMILES string of the molecule is CCCCN(C)C(=O)c1cc2c(s1)-c1cc(OC)ccc1CC2. The molecule has 1 amide bonds. The van der Waals surface area contributed by atoms with Crippen LogP contribution in [0.25, 0.3) is 10.4 Å². The molecule has 0 saturated carbocycles. The van der Waals surface area contributed by atoms with Crippen molar-refractivity contribution >= 4 is 17.2 Å². The average Bonchev–Trinajstić information content (AvgIpc) is 3.03. The van der Waals surface area contributed by atoms with Gasteiger partial charge in [-0.1, -0.05) is 19.4 Å². The number of nitrogens with zero attached hydrogens (tertiary/aromatic N) is 1. The maximum Gasteiger partial charge on any atom is 0.263 e. The van der Waals surface area contributed by atoms with E-state index in [-0.39, 0.29) is 5.91 Å². The highest BCUT2D eigenvalue weighted by atomic mass is 32.1. The van der Waals surface area contributed by atoms with Crippen molar-refractivity contribution in [3.63, 3.8) is 0 Å². The molecule has 1 heterocycles. The Labute approximate surface area is 141 Å². The van der Waals surface area contributed by atoms with E-state index >= 15 is 0 Å². The largest absolute Gasteiger partial charge is 0.497 e. The first-order valence-corrected chi connectivity index (χ1v) is 9.01. The molecule has 0 unspecified atom stereocenters. The molecular weight excluding hydrogens is 306 g/mol. The fraction of sp³-hybridized carbons (Fsp3) is 0.421. The zero-order chi connectivity index (χ0) is 16.4. The summed E-state index contributed by atoms with van der Waals surface area (Å²) in [7, 11) is 3.59. The van der Waals surface area contributed by atoms with E-state index in [1.807, 2.05) is 18.0 Å². The fourth-order valence-electron chi connectivity index (χ4n) is 3.01. The Morgan fingerprint density at radius 1 is 1.26 bits per heavy atom. The van der Waals surface area contributed by atoms with Crippen LogP contribution < -0.4 is 4.74 Å². The molecule has 1 aromatic heterocycles. The first kappa shape index (κ1) is 16.1. The molecule has 0 spiro atoms. The molecule has 3 rings (SSSR count). The van der Waals surface area contributed by atoms with Crippen LogP contribution in [0.15, 0.2) is 24.3 Å². The topological polar surface area (TPSA) is 29.5 Å². The summed E-state index contributed by atoms with van der Waals surface area (Å²) in [5.41, 5.74) is 3.87. The van der Waals surface area contributed by atoms with Crippen molar-refractivity contribution in [2.24, 2.45) is 0 Å². The average molecular weight is 329 g/mol. The Morgan fingerprint density at radius 2 is 2.04 bits per heavy atom. The molecule has 122 valence electrons. The van der Waals surface area contributed by atoms with Crippen LogP contribution in [0.3, 0.4) is 0 Å². The van der Waals surface area contributed by atoms with Gasteiger partial charge < -0.3 is 9.64 Å². The normalized spacial score (nSPS) is 12.5. The lowest BCUT2D eigenvalue weighted by atomic mass is 9.91. The predicted octanol–water partition coefficient (Wildman–Crippen LogP) is 4.39. The number of ether oxygens (including phenoxy) is 1. The quantitative estimate of drug-likeness (QED) is 0.814. The van der Waals surface area contributed by atoms with Crippen LogP contribution in [0.2, 0.25) is 0 Å². The van der Waals surface area contributed by atoms with E-state index in [0.717, 1.165) is 42.9 Å². The second-order valence-electron chi connectivity index (χ2n) is 6.07. The minimum absolute atomic E-state index is 0.141. The summed E-state index contributed by atoms with van der Waals surface area (Å²) < 4.78 is 5.36. The molecule has 1 aromatic carbocycles. The van der Waals surface area contributed by atoms with E-state index in [9.17, 15) is 4.79 Å². The number of rotatable bonds is 5. The van der Waals surface area contributed by atoms with Gasteiger partial charge in [0.1, 0.15) is 5.75 Å². The summed E-state index contributed by atoms with van der Waals surface area (Å²) in [6.07, 6.45) is 4.19. The maximum atomic E-state index is 12.6. The van der Waals surface area contributed by atoms with Crippen LogP contribution in [0.5, 0.6) is 5.75 Å². The first-order valence-electron chi connectivity index (χ1n) is 8.19. The van der Waals surface area contributed by atoms with E-state index in [2.05, 4.69) is 25.1 Å². The molecular formula is C19H23NO2S. The standard InChI is InChI=1S/C19H23NO2S/c1-4-5-10-20(2)19(21)17-11-14-7-6-13-8-9-15(22-3)12-16(13)18(14)23-17/h8-9,11-12H,4-7,10H2,1-3H3. The van der Waals surface area contributed by atoms with Gasteiger partial charge in [-0.3, -0.25) is 4.79 Å². The Bertz CT molecular complexity index is 720. The number of hydrogen-bond donors (Lipinski definition) is 0. The maximum absolute atomic E-state index is 12.6. The van der Waals surface area contributed by atoms with Crippen molar-refractivity contribution in [1.82, 2.24) is 4.90 Å². The smallest absolute Gasteiger partial charge is 0.263 e. The number of benzene rings is 1. The highest BCUT2D eigenvalue weighted by Crippen LogP contribution is 2.41. The Balaban J connectivity index is 1.91. The van der Waals surface area contributed by atoms with Crippen LogP contribution in [-0.2, 0) is 12.8 Å². The van der Waals surface area contributed by atoms with Gasteiger partial charge >= 0.3 is 0 Å². The summed E-state index contributed by atoms with van der Waals surface area (Å²) in [6.45, 7) is 2.97. The number of amides is 1. The Hall–Kier alpha value is -1.81. The summed E-state index contributed by atoms with van der Waals surface area (Å²) in [6, 6.07) is 8.35. The zero-order valence-electron chi connectivity index (χ0n) is 14.0. The van der Waals surface area contributed by atoms with Gasteiger partial charge in [-0.2, -0.15) is 0 Å². The summed E-state index contributed by atoms with van der Waals surface area (Å²) >= 11 is 1.62. The van der Waals surface area contributed by atoms with Gasteiger partial charge in [0.25, 0.3) is 5.91 Å². The number of hydrogen-bond acceptors (Lipinski definition) is 3. The van der Waals surface area contributed by atoms with E-state index in [1.165, 1.54) is 21.6 Å². The second kappa shape index (κ2) is 6.75. The lowest BCUT2D eigenvalue weighted by Crippen LogP contribution is -2.26. The highest BCUT2D eigenvalue weighted by molar-refractivity contribution is 7.17. The number of thiophene rings is 1. The highest BCUT2D eigenvalue weighted by Gasteiger charge is 2.23. The number of unbranched alkanes of at least 4 members (excludes halogenated alkanes) is 1. The summed E-state index contributed by atoms with van der Waals surface area (Å²) in [4.78, 5) is 16.5. The van der Waals surface area contributed by atoms with Gasteiger partial charge in [0.05, 0.1) is 12.0 Å². The molecule has 4 heteroatoms. The molecule has 0 fully saturated rings. The third-order valence-corrected chi connectivity index (χ3v) is 5.64. The van der Waals surface area contributed by atoms with Crippen LogP contribution in [0, 0.1) is 0 Å². The zero-order valence-corrected chi connectivity index (χ0v) is 14.8. The first-order chi connectivity index (χ1) is 11.1. The molecule has 0 atom stereocenters. The number of methoxy groups -OCH3 is 1. The monoisotopic (exact) mass is 329 g/mol. The second-order valence-corrected chi connectivity index (χ2v) is 7.12. The Morgan fingerprint density at radius 3 is 2.78 bits per heavy atom. The molecule has 23 heavy (non-hydrogen) atoms. The third kappa shape index (κ3) is 3.13. The minimum atomic E-state index is 0.141. The molecule has 1 aliphatic carbocycles. The van der Waals surface area contributed by atoms with Gasteiger partial charge in [0, 0.05) is 18.5 Å². The summed E-state index contributed by atoms with van der Waals surface area (Å²) in [5, 5.41) is 0. The fourth-order valence-corrected chi connectivity index (χ4v) is 4.27. The van der Waals surface area contributed by atoms with Gasteiger partial charge in [-0.15, -0.1) is 11.3 Å². The van der Waals surface area contributed by atoms with Crippen LogP contribution in [-0.4, -0.2) is 31.5 Å². The lowest BCUT2D eigenvalue weighted by Gasteiger charge is -2.16. The van der Waals surface area contributed by atoms with E-state index < -0.39 is 0 Å². The number of carbonyl (C=O) groups excluding carboxylic acids is 1.